The van der Waals surface area contributed by atoms with Crippen molar-refractivity contribution in [3.63, 3.8) is 0 Å². The molecule has 2 rings (SSSR count). The summed E-state index contributed by atoms with van der Waals surface area (Å²) in [6.45, 7) is 5.07. The third-order valence-electron chi connectivity index (χ3n) is 3.09. The third-order valence-corrected chi connectivity index (χ3v) is 3.09. The lowest BCUT2D eigenvalue weighted by atomic mass is 9.94. The fourth-order valence-corrected chi connectivity index (χ4v) is 1.82. The number of aliphatic carboxylic acids is 1. The molecule has 7 heteroatoms. The van der Waals surface area contributed by atoms with E-state index in [4.69, 9.17) is 5.11 Å². The van der Waals surface area contributed by atoms with Crippen LogP contribution < -0.4 is 0 Å². The number of rotatable bonds is 4. The highest BCUT2D eigenvalue weighted by Crippen LogP contribution is 2.24. The number of aryl methyl sites for hydroxylation is 1. The Hall–Kier alpha value is -2.31. The van der Waals surface area contributed by atoms with Gasteiger partial charge in [-0.1, -0.05) is 0 Å². The van der Waals surface area contributed by atoms with Gasteiger partial charge in [0.15, 0.2) is 5.82 Å². The molecular weight excluding hydrogens is 263 g/mol. The number of aromatic nitrogens is 4. The standard InChI is InChI=1S/C13H15FN4O2/c1-8-6-9(14)4-5-10(8)11-15-16-17-18(11)7-13(2,3)12(19)20/h4-6H,7H2,1-3H3,(H,19,20). The zero-order valence-corrected chi connectivity index (χ0v) is 11.5. The van der Waals surface area contributed by atoms with E-state index in [0.29, 0.717) is 17.0 Å². The number of benzene rings is 1. The average molecular weight is 278 g/mol. The molecule has 106 valence electrons. The Morgan fingerprint density at radius 3 is 2.75 bits per heavy atom. The third kappa shape index (κ3) is 2.66. The second kappa shape index (κ2) is 4.99. The summed E-state index contributed by atoms with van der Waals surface area (Å²) in [6, 6.07) is 4.29. The van der Waals surface area contributed by atoms with Crippen LogP contribution in [-0.4, -0.2) is 31.3 Å². The molecule has 2 aromatic rings. The average Bonchev–Trinajstić information content (AvgIpc) is 2.76. The van der Waals surface area contributed by atoms with Crippen LogP contribution in [0.1, 0.15) is 19.4 Å². The molecule has 1 aromatic carbocycles. The van der Waals surface area contributed by atoms with Gasteiger partial charge in [-0.3, -0.25) is 4.79 Å². The molecule has 20 heavy (non-hydrogen) atoms. The van der Waals surface area contributed by atoms with Crippen molar-refractivity contribution in [2.75, 3.05) is 0 Å². The van der Waals surface area contributed by atoms with Crippen LogP contribution in [0.5, 0.6) is 0 Å². The molecule has 0 unspecified atom stereocenters. The summed E-state index contributed by atoms with van der Waals surface area (Å²) < 4.78 is 14.6. The van der Waals surface area contributed by atoms with Crippen molar-refractivity contribution < 1.29 is 14.3 Å². The van der Waals surface area contributed by atoms with E-state index < -0.39 is 11.4 Å². The molecule has 0 spiro atoms. The lowest BCUT2D eigenvalue weighted by molar-refractivity contribution is -0.147. The van der Waals surface area contributed by atoms with Gasteiger partial charge in [0.25, 0.3) is 0 Å². The van der Waals surface area contributed by atoms with Crippen LogP contribution in [0.2, 0.25) is 0 Å². The van der Waals surface area contributed by atoms with E-state index in [1.54, 1.807) is 26.8 Å². The molecule has 6 nitrogen and oxygen atoms in total. The maximum atomic E-state index is 13.1. The van der Waals surface area contributed by atoms with Crippen LogP contribution in [0, 0.1) is 18.2 Å². The summed E-state index contributed by atoms with van der Waals surface area (Å²) in [5.74, 6) is -0.845. The van der Waals surface area contributed by atoms with E-state index >= 15 is 0 Å². The molecular formula is C13H15FN4O2. The van der Waals surface area contributed by atoms with Gasteiger partial charge in [0.2, 0.25) is 0 Å². The first-order chi connectivity index (χ1) is 9.31. The molecule has 0 radical (unpaired) electrons. The molecule has 0 aliphatic heterocycles. The van der Waals surface area contributed by atoms with E-state index in [1.165, 1.54) is 16.8 Å². The summed E-state index contributed by atoms with van der Waals surface area (Å²) >= 11 is 0. The zero-order chi connectivity index (χ0) is 14.9. The SMILES string of the molecule is Cc1cc(F)ccc1-c1nnnn1CC(C)(C)C(=O)O. The number of carbonyl (C=O) groups is 1. The van der Waals surface area contributed by atoms with Crippen molar-refractivity contribution in [1.29, 1.82) is 0 Å². The molecule has 1 heterocycles. The number of hydrogen-bond acceptors (Lipinski definition) is 4. The predicted octanol–water partition coefficient (Wildman–Crippen LogP) is 1.90. The Morgan fingerprint density at radius 1 is 1.45 bits per heavy atom. The van der Waals surface area contributed by atoms with Gasteiger partial charge in [0, 0.05) is 5.56 Å². The number of hydrogen-bond donors (Lipinski definition) is 1. The van der Waals surface area contributed by atoms with E-state index in [-0.39, 0.29) is 12.4 Å². The van der Waals surface area contributed by atoms with E-state index in [0.717, 1.165) is 0 Å². The van der Waals surface area contributed by atoms with E-state index in [9.17, 15) is 9.18 Å². The van der Waals surface area contributed by atoms with Crippen LogP contribution in [0.25, 0.3) is 11.4 Å². The molecule has 1 N–H and O–H groups in total. The topological polar surface area (TPSA) is 80.9 Å². The van der Waals surface area contributed by atoms with Gasteiger partial charge in [0.1, 0.15) is 5.82 Å². The van der Waals surface area contributed by atoms with Gasteiger partial charge < -0.3 is 5.11 Å². The van der Waals surface area contributed by atoms with Crippen molar-refractivity contribution in [3.8, 4) is 11.4 Å². The van der Waals surface area contributed by atoms with Crippen molar-refractivity contribution in [3.05, 3.63) is 29.6 Å². The minimum Gasteiger partial charge on any atom is -0.481 e. The molecule has 0 saturated heterocycles. The second-order valence-corrected chi connectivity index (χ2v) is 5.31. The molecule has 0 saturated carbocycles. The molecule has 0 atom stereocenters. The molecule has 1 aromatic heterocycles. The molecule has 0 bridgehead atoms. The fourth-order valence-electron chi connectivity index (χ4n) is 1.82. The Labute approximate surface area is 115 Å². The molecule has 0 fully saturated rings. The quantitative estimate of drug-likeness (QED) is 0.923. The summed E-state index contributed by atoms with van der Waals surface area (Å²) in [4.78, 5) is 11.2. The first-order valence-corrected chi connectivity index (χ1v) is 6.07. The maximum Gasteiger partial charge on any atom is 0.310 e. The first kappa shape index (κ1) is 14.1. The monoisotopic (exact) mass is 278 g/mol. The Kier molecular flexibility index (Phi) is 3.52. The van der Waals surface area contributed by atoms with Crippen LogP contribution in [-0.2, 0) is 11.3 Å². The number of halogens is 1. The van der Waals surface area contributed by atoms with Gasteiger partial charge in [-0.05, 0) is 55.0 Å². The lowest BCUT2D eigenvalue weighted by Gasteiger charge is -2.19. The Balaban J connectivity index is 2.41. The lowest BCUT2D eigenvalue weighted by Crippen LogP contribution is -2.30. The summed E-state index contributed by atoms with van der Waals surface area (Å²) in [5, 5.41) is 20.5. The Morgan fingerprint density at radius 2 is 2.15 bits per heavy atom. The number of carboxylic acids is 1. The minimum absolute atomic E-state index is 0.126. The number of carboxylic acid groups (broad SMARTS) is 1. The predicted molar refractivity (Wildman–Crippen MR) is 69.4 cm³/mol. The first-order valence-electron chi connectivity index (χ1n) is 6.07. The highest BCUT2D eigenvalue weighted by atomic mass is 19.1. The van der Waals surface area contributed by atoms with Gasteiger partial charge in [0.05, 0.1) is 12.0 Å². The second-order valence-electron chi connectivity index (χ2n) is 5.31. The van der Waals surface area contributed by atoms with Gasteiger partial charge in [-0.15, -0.1) is 5.10 Å². The highest BCUT2D eigenvalue weighted by molar-refractivity contribution is 5.73. The van der Waals surface area contributed by atoms with E-state index in [2.05, 4.69) is 15.5 Å². The molecule has 0 amide bonds. The summed E-state index contributed by atoms with van der Waals surface area (Å²) in [5.41, 5.74) is 0.365. The number of tetrazole rings is 1. The maximum absolute atomic E-state index is 13.1. The van der Waals surface area contributed by atoms with Gasteiger partial charge >= 0.3 is 5.97 Å². The largest absolute Gasteiger partial charge is 0.481 e. The Bertz CT molecular complexity index is 652. The van der Waals surface area contributed by atoms with Crippen LogP contribution in [0.3, 0.4) is 0 Å². The molecule has 0 aliphatic rings. The van der Waals surface area contributed by atoms with Crippen molar-refractivity contribution >= 4 is 5.97 Å². The minimum atomic E-state index is -1.00. The highest BCUT2D eigenvalue weighted by Gasteiger charge is 2.29. The van der Waals surface area contributed by atoms with Crippen molar-refractivity contribution in [2.45, 2.75) is 27.3 Å². The molecule has 0 aliphatic carbocycles. The normalized spacial score (nSPS) is 11.6. The smallest absolute Gasteiger partial charge is 0.310 e. The van der Waals surface area contributed by atoms with Crippen molar-refractivity contribution in [2.24, 2.45) is 5.41 Å². The zero-order valence-electron chi connectivity index (χ0n) is 11.5. The fraction of sp³-hybridized carbons (Fsp3) is 0.385. The van der Waals surface area contributed by atoms with Gasteiger partial charge in [-0.25, -0.2) is 9.07 Å². The van der Waals surface area contributed by atoms with Crippen LogP contribution >= 0.6 is 0 Å². The number of nitrogens with zero attached hydrogens (tertiary/aromatic N) is 4. The van der Waals surface area contributed by atoms with Crippen LogP contribution in [0.15, 0.2) is 18.2 Å². The van der Waals surface area contributed by atoms with Gasteiger partial charge in [-0.2, -0.15) is 0 Å². The van der Waals surface area contributed by atoms with E-state index in [1.807, 2.05) is 0 Å². The van der Waals surface area contributed by atoms with Crippen LogP contribution in [0.4, 0.5) is 4.39 Å². The summed E-state index contributed by atoms with van der Waals surface area (Å²) in [7, 11) is 0. The summed E-state index contributed by atoms with van der Waals surface area (Å²) in [6.07, 6.45) is 0. The van der Waals surface area contributed by atoms with Crippen molar-refractivity contribution in [1.82, 2.24) is 20.2 Å².